The van der Waals surface area contributed by atoms with Crippen molar-refractivity contribution in [1.82, 2.24) is 15.5 Å². The maximum absolute atomic E-state index is 13.2. The van der Waals surface area contributed by atoms with Gasteiger partial charge in [-0.2, -0.15) is 0 Å². The molecule has 0 saturated heterocycles. The van der Waals surface area contributed by atoms with Crippen molar-refractivity contribution in [2.75, 3.05) is 20.2 Å². The van der Waals surface area contributed by atoms with Crippen molar-refractivity contribution in [3.05, 3.63) is 0 Å². The third kappa shape index (κ3) is 14.1. The highest BCUT2D eigenvalue weighted by Gasteiger charge is 2.42. The van der Waals surface area contributed by atoms with Crippen molar-refractivity contribution in [1.29, 1.82) is 0 Å². The lowest BCUT2D eigenvalue weighted by atomic mass is 9.75. The van der Waals surface area contributed by atoms with Gasteiger partial charge in [-0.3, -0.25) is 9.59 Å². The van der Waals surface area contributed by atoms with Crippen LogP contribution in [-0.4, -0.2) is 64.9 Å². The first-order valence-electron chi connectivity index (χ1n) is 14.8. The van der Waals surface area contributed by atoms with E-state index in [0.29, 0.717) is 26.0 Å². The average molecular weight is 554 g/mol. The molecule has 0 radical (unpaired) electrons. The summed E-state index contributed by atoms with van der Waals surface area (Å²) in [6.45, 7) is 29.1. The lowest BCUT2D eigenvalue weighted by molar-refractivity contribution is -0.134. The first-order chi connectivity index (χ1) is 17.2. The number of carbonyl (C=O) groups is 3. The second kappa shape index (κ2) is 13.9. The van der Waals surface area contributed by atoms with Crippen LogP contribution in [0.2, 0.25) is 0 Å². The van der Waals surface area contributed by atoms with E-state index in [1.807, 2.05) is 55.4 Å². The molecule has 7 heteroatoms. The summed E-state index contributed by atoms with van der Waals surface area (Å²) < 4.78 is 5.51. The predicted molar refractivity (Wildman–Crippen MR) is 163 cm³/mol. The van der Waals surface area contributed by atoms with Crippen LogP contribution in [-0.2, 0) is 14.3 Å². The summed E-state index contributed by atoms with van der Waals surface area (Å²) in [5.74, 6) is 0.393. The van der Waals surface area contributed by atoms with Gasteiger partial charge in [-0.15, -0.1) is 0 Å². The van der Waals surface area contributed by atoms with Gasteiger partial charge in [0.05, 0.1) is 17.7 Å². The van der Waals surface area contributed by atoms with Crippen molar-refractivity contribution in [3.8, 4) is 0 Å². The molecule has 0 aliphatic heterocycles. The van der Waals surface area contributed by atoms with Gasteiger partial charge < -0.3 is 20.3 Å². The van der Waals surface area contributed by atoms with Gasteiger partial charge in [-0.25, -0.2) is 4.79 Å². The maximum atomic E-state index is 13.2. The van der Waals surface area contributed by atoms with Crippen molar-refractivity contribution in [3.63, 3.8) is 0 Å². The number of nitrogens with one attached hydrogen (secondary N) is 2. The molecule has 0 bridgehead atoms. The minimum absolute atomic E-state index is 0.171. The van der Waals surface area contributed by atoms with Gasteiger partial charge in [0.15, 0.2) is 11.6 Å². The molecule has 0 saturated carbocycles. The fraction of sp³-hybridized carbons (Fsp3) is 0.906. The van der Waals surface area contributed by atoms with Crippen molar-refractivity contribution in [2.24, 2.45) is 10.8 Å². The van der Waals surface area contributed by atoms with E-state index >= 15 is 0 Å². The summed E-state index contributed by atoms with van der Waals surface area (Å²) in [5, 5.41) is 7.08. The van der Waals surface area contributed by atoms with E-state index in [-0.39, 0.29) is 28.7 Å². The molecule has 2 N–H and O–H groups in total. The lowest BCUT2D eigenvalue weighted by Crippen LogP contribution is -2.60. The van der Waals surface area contributed by atoms with E-state index in [9.17, 15) is 14.4 Å². The first-order valence-corrected chi connectivity index (χ1v) is 14.8. The van der Waals surface area contributed by atoms with Crippen LogP contribution in [0.25, 0.3) is 0 Å². The third-order valence-electron chi connectivity index (χ3n) is 6.70. The van der Waals surface area contributed by atoms with E-state index < -0.39 is 21.9 Å². The lowest BCUT2D eigenvalue weighted by Gasteiger charge is -2.40. The van der Waals surface area contributed by atoms with E-state index in [0.717, 1.165) is 25.7 Å². The Balaban J connectivity index is 4.75. The van der Waals surface area contributed by atoms with Crippen LogP contribution < -0.4 is 10.6 Å². The number of rotatable bonds is 14. The van der Waals surface area contributed by atoms with Crippen molar-refractivity contribution in [2.45, 2.75) is 158 Å². The van der Waals surface area contributed by atoms with E-state index in [1.165, 1.54) is 0 Å². The highest BCUT2D eigenvalue weighted by Crippen LogP contribution is 2.30. The standard InChI is InChI=1S/C32H63N3O4/c1-27(2,3)24(36)31(13,33-29(7,8)9)20-17-16-18-23-39-26(38)35(15)22-19-21-32(14,34-30(10,11)12)25(37)28(4,5)6/h33-34H,16-23H2,1-15H3/t31-,32+/m1/s1. The number of nitrogens with zero attached hydrogens (tertiary/aromatic N) is 1. The summed E-state index contributed by atoms with van der Waals surface area (Å²) in [4.78, 5) is 40.5. The number of ketones is 2. The smallest absolute Gasteiger partial charge is 0.409 e. The molecule has 0 heterocycles. The molecule has 230 valence electrons. The molecule has 0 aliphatic rings. The van der Waals surface area contributed by atoms with E-state index in [4.69, 9.17) is 4.74 Å². The third-order valence-corrected chi connectivity index (χ3v) is 6.70. The van der Waals surface area contributed by atoms with Crippen LogP contribution in [0.3, 0.4) is 0 Å². The van der Waals surface area contributed by atoms with Gasteiger partial charge in [0.1, 0.15) is 0 Å². The SMILES string of the molecule is CN(CCC[C@](C)(NC(C)(C)C)C(=O)C(C)(C)C)C(=O)OCCCCC[C@@](C)(NC(C)(C)C)C(=O)C(C)(C)C. The van der Waals surface area contributed by atoms with Gasteiger partial charge in [-0.05, 0) is 87.5 Å². The Hall–Kier alpha value is -1.47. The summed E-state index contributed by atoms with van der Waals surface area (Å²) in [6, 6.07) is 0. The Morgan fingerprint density at radius 3 is 1.33 bits per heavy atom. The number of ether oxygens (including phenoxy) is 1. The van der Waals surface area contributed by atoms with Crippen LogP contribution in [0, 0.1) is 10.8 Å². The highest BCUT2D eigenvalue weighted by molar-refractivity contribution is 5.93. The molecule has 0 aliphatic carbocycles. The van der Waals surface area contributed by atoms with E-state index in [2.05, 4.69) is 52.2 Å². The second-order valence-corrected chi connectivity index (χ2v) is 16.0. The molecule has 0 aromatic heterocycles. The fourth-order valence-electron chi connectivity index (χ4n) is 5.56. The largest absolute Gasteiger partial charge is 0.449 e. The van der Waals surface area contributed by atoms with Crippen LogP contribution in [0.1, 0.15) is 135 Å². The molecule has 0 fully saturated rings. The number of Topliss-reactive ketones (excluding diaryl/α,β-unsaturated/α-hetero) is 2. The minimum atomic E-state index is -0.675. The topological polar surface area (TPSA) is 87.7 Å². The number of amides is 1. The Morgan fingerprint density at radius 1 is 0.590 bits per heavy atom. The Labute approximate surface area is 241 Å². The molecule has 0 aromatic rings. The molecule has 39 heavy (non-hydrogen) atoms. The summed E-state index contributed by atoms with van der Waals surface area (Å²) in [7, 11) is 1.74. The molecule has 1 amide bonds. The maximum Gasteiger partial charge on any atom is 0.409 e. The molecule has 0 spiro atoms. The molecule has 7 nitrogen and oxygen atoms in total. The fourth-order valence-corrected chi connectivity index (χ4v) is 5.56. The molecular weight excluding hydrogens is 490 g/mol. The zero-order valence-corrected chi connectivity index (χ0v) is 28.2. The molecule has 0 rings (SSSR count). The van der Waals surface area contributed by atoms with Crippen molar-refractivity contribution >= 4 is 17.7 Å². The van der Waals surface area contributed by atoms with Gasteiger partial charge >= 0.3 is 6.09 Å². The summed E-state index contributed by atoms with van der Waals surface area (Å²) in [6.07, 6.45) is 4.22. The quantitative estimate of drug-likeness (QED) is 0.227. The minimum Gasteiger partial charge on any atom is -0.449 e. The van der Waals surface area contributed by atoms with Gasteiger partial charge in [0.25, 0.3) is 0 Å². The Kier molecular flexibility index (Phi) is 13.4. The zero-order valence-electron chi connectivity index (χ0n) is 28.2. The van der Waals surface area contributed by atoms with Gasteiger partial charge in [-0.1, -0.05) is 48.0 Å². The van der Waals surface area contributed by atoms with Crippen molar-refractivity contribution < 1.29 is 19.1 Å². The molecule has 0 unspecified atom stereocenters. The summed E-state index contributed by atoms with van der Waals surface area (Å²) >= 11 is 0. The number of carbonyl (C=O) groups excluding carboxylic acids is 3. The zero-order chi connectivity index (χ0) is 31.1. The predicted octanol–water partition coefficient (Wildman–Crippen LogP) is 6.92. The highest BCUT2D eigenvalue weighted by atomic mass is 16.6. The number of hydrogen-bond donors (Lipinski definition) is 2. The van der Waals surface area contributed by atoms with Crippen LogP contribution >= 0.6 is 0 Å². The molecular formula is C32H63N3O4. The Morgan fingerprint density at radius 2 is 0.974 bits per heavy atom. The van der Waals surface area contributed by atoms with Gasteiger partial charge in [0, 0.05) is 35.5 Å². The Bertz CT molecular complexity index is 811. The van der Waals surface area contributed by atoms with Crippen LogP contribution in [0.15, 0.2) is 0 Å². The summed E-state index contributed by atoms with van der Waals surface area (Å²) in [5.41, 5.74) is -2.54. The monoisotopic (exact) mass is 553 g/mol. The van der Waals surface area contributed by atoms with Gasteiger partial charge in [0.2, 0.25) is 0 Å². The average Bonchev–Trinajstić information content (AvgIpc) is 2.70. The molecule has 2 atom stereocenters. The van der Waals surface area contributed by atoms with Crippen LogP contribution in [0.4, 0.5) is 4.79 Å². The molecule has 0 aromatic carbocycles. The number of hydrogen-bond acceptors (Lipinski definition) is 6. The first kappa shape index (κ1) is 37.5. The number of unbranched alkanes of at least 4 members (excludes halogenated alkanes) is 2. The van der Waals surface area contributed by atoms with Crippen LogP contribution in [0.5, 0.6) is 0 Å². The van der Waals surface area contributed by atoms with E-state index in [1.54, 1.807) is 11.9 Å². The normalized spacial score (nSPS) is 16.3. The second-order valence-electron chi connectivity index (χ2n) is 16.0.